The molecule has 0 saturated heterocycles. The van der Waals surface area contributed by atoms with Crippen LogP contribution in [0.2, 0.25) is 0 Å². The van der Waals surface area contributed by atoms with Crippen LogP contribution in [0.25, 0.3) is 21.5 Å². The molecule has 0 bridgehead atoms. The van der Waals surface area contributed by atoms with Crippen LogP contribution in [-0.2, 0) is 0 Å². The predicted octanol–water partition coefficient (Wildman–Crippen LogP) is 6.55. The Bertz CT molecular complexity index is 1050. The van der Waals surface area contributed by atoms with Gasteiger partial charge in [-0.1, -0.05) is 48.5 Å². The van der Waals surface area contributed by atoms with Gasteiger partial charge in [0.2, 0.25) is 0 Å². The zero-order chi connectivity index (χ0) is 18.1. The molecule has 2 nitrogen and oxygen atoms in total. The summed E-state index contributed by atoms with van der Waals surface area (Å²) >= 11 is 0. The van der Waals surface area contributed by atoms with Gasteiger partial charge in [-0.3, -0.25) is 0 Å². The summed E-state index contributed by atoms with van der Waals surface area (Å²) in [6.07, 6.45) is 0. The van der Waals surface area contributed by atoms with Crippen LogP contribution in [0.1, 0.15) is 13.8 Å². The molecule has 0 aliphatic heterocycles. The lowest BCUT2D eigenvalue weighted by Crippen LogP contribution is -2.25. The third-order valence-electron chi connectivity index (χ3n) is 4.87. The largest absolute Gasteiger partial charge is 0.497 e. The molecule has 0 aliphatic rings. The van der Waals surface area contributed by atoms with Crippen molar-refractivity contribution in [3.05, 3.63) is 78.9 Å². The number of methoxy groups -OCH3 is 1. The second-order valence-electron chi connectivity index (χ2n) is 6.82. The zero-order valence-corrected chi connectivity index (χ0v) is 15.4. The predicted molar refractivity (Wildman–Crippen MR) is 112 cm³/mol. The summed E-state index contributed by atoms with van der Waals surface area (Å²) in [6, 6.07) is 28.2. The summed E-state index contributed by atoms with van der Waals surface area (Å²) < 4.78 is 5.32. The Hall–Kier alpha value is -3.00. The lowest BCUT2D eigenvalue weighted by atomic mass is 9.99. The first-order chi connectivity index (χ1) is 12.7. The number of hydrogen-bond acceptors (Lipinski definition) is 2. The van der Waals surface area contributed by atoms with Gasteiger partial charge in [0.15, 0.2) is 0 Å². The molecule has 130 valence electrons. The Labute approximate surface area is 154 Å². The molecule has 0 heterocycles. The molecule has 0 N–H and O–H groups in total. The van der Waals surface area contributed by atoms with E-state index in [9.17, 15) is 0 Å². The summed E-state index contributed by atoms with van der Waals surface area (Å²) in [7, 11) is 1.70. The Kier molecular flexibility index (Phi) is 4.26. The van der Waals surface area contributed by atoms with Crippen LogP contribution in [0.4, 0.5) is 11.4 Å². The number of ether oxygens (including phenoxy) is 1. The first-order valence-corrected chi connectivity index (χ1v) is 9.03. The molecule has 0 unspecified atom stereocenters. The SMILES string of the molecule is COc1ccc(N(c2cc3ccccc3c3ccccc23)C(C)C)cc1. The lowest BCUT2D eigenvalue weighted by Gasteiger charge is -2.31. The molecule has 0 aromatic heterocycles. The molecular weight excluding hydrogens is 318 g/mol. The molecule has 4 rings (SSSR count). The second kappa shape index (κ2) is 6.72. The van der Waals surface area contributed by atoms with Crippen molar-refractivity contribution in [2.75, 3.05) is 12.0 Å². The molecule has 0 atom stereocenters. The standard InChI is InChI=1S/C24H23NO/c1-17(2)25(19-12-14-20(26-3)15-13-19)24-16-18-8-4-5-9-21(18)22-10-6-7-11-23(22)24/h4-17H,1-3H3. The molecule has 2 heteroatoms. The summed E-state index contributed by atoms with van der Waals surface area (Å²) in [5.41, 5.74) is 2.40. The molecule has 0 aliphatic carbocycles. The Morgan fingerprint density at radius 2 is 1.35 bits per heavy atom. The minimum atomic E-state index is 0.327. The Balaban J connectivity index is 1.99. The molecule has 0 fully saturated rings. The highest BCUT2D eigenvalue weighted by Crippen LogP contribution is 2.38. The maximum atomic E-state index is 5.32. The summed E-state index contributed by atoms with van der Waals surface area (Å²) in [6.45, 7) is 4.46. The first-order valence-electron chi connectivity index (χ1n) is 9.03. The minimum Gasteiger partial charge on any atom is -0.497 e. The number of hydrogen-bond donors (Lipinski definition) is 0. The summed E-state index contributed by atoms with van der Waals surface area (Å²) in [5.74, 6) is 0.876. The van der Waals surface area contributed by atoms with Crippen LogP contribution in [0.5, 0.6) is 5.75 Å². The molecule has 0 amide bonds. The van der Waals surface area contributed by atoms with Gasteiger partial charge in [-0.15, -0.1) is 0 Å². The molecule has 4 aromatic rings. The quantitative estimate of drug-likeness (QED) is 0.390. The average molecular weight is 341 g/mol. The van der Waals surface area contributed by atoms with Gasteiger partial charge in [0.1, 0.15) is 5.75 Å². The van der Waals surface area contributed by atoms with E-state index in [0.717, 1.165) is 5.75 Å². The van der Waals surface area contributed by atoms with Crippen LogP contribution in [0.3, 0.4) is 0 Å². The van der Waals surface area contributed by atoms with Gasteiger partial charge in [0, 0.05) is 22.8 Å². The van der Waals surface area contributed by atoms with Gasteiger partial charge in [-0.2, -0.15) is 0 Å². The third-order valence-corrected chi connectivity index (χ3v) is 4.87. The van der Waals surface area contributed by atoms with Crippen molar-refractivity contribution in [2.24, 2.45) is 0 Å². The number of nitrogens with zero attached hydrogens (tertiary/aromatic N) is 1. The number of fused-ring (bicyclic) bond motifs is 3. The smallest absolute Gasteiger partial charge is 0.119 e. The number of rotatable bonds is 4. The summed E-state index contributed by atoms with van der Waals surface area (Å²) in [4.78, 5) is 2.40. The highest BCUT2D eigenvalue weighted by atomic mass is 16.5. The second-order valence-corrected chi connectivity index (χ2v) is 6.82. The van der Waals surface area contributed by atoms with E-state index in [2.05, 4.69) is 85.5 Å². The molecule has 0 spiro atoms. The third kappa shape index (κ3) is 2.78. The highest BCUT2D eigenvalue weighted by molar-refractivity contribution is 6.13. The molecular formula is C24H23NO. The fraction of sp³-hybridized carbons (Fsp3) is 0.167. The summed E-state index contributed by atoms with van der Waals surface area (Å²) in [5, 5.41) is 5.13. The molecule has 4 aromatic carbocycles. The lowest BCUT2D eigenvalue weighted by molar-refractivity contribution is 0.415. The molecule has 0 saturated carbocycles. The fourth-order valence-electron chi connectivity index (χ4n) is 3.69. The van der Waals surface area contributed by atoms with Crippen molar-refractivity contribution in [3.63, 3.8) is 0 Å². The van der Waals surface area contributed by atoms with Crippen LogP contribution >= 0.6 is 0 Å². The van der Waals surface area contributed by atoms with E-state index >= 15 is 0 Å². The number of benzene rings is 4. The van der Waals surface area contributed by atoms with Crippen molar-refractivity contribution in [1.82, 2.24) is 0 Å². The Morgan fingerprint density at radius 1 is 0.731 bits per heavy atom. The Morgan fingerprint density at radius 3 is 2.00 bits per heavy atom. The van der Waals surface area contributed by atoms with E-state index < -0.39 is 0 Å². The van der Waals surface area contributed by atoms with Gasteiger partial charge in [-0.05, 0) is 60.3 Å². The highest BCUT2D eigenvalue weighted by Gasteiger charge is 2.17. The van der Waals surface area contributed by atoms with E-state index in [1.54, 1.807) is 7.11 Å². The van der Waals surface area contributed by atoms with Crippen LogP contribution in [0.15, 0.2) is 78.9 Å². The van der Waals surface area contributed by atoms with Crippen molar-refractivity contribution < 1.29 is 4.74 Å². The number of anilines is 2. The van der Waals surface area contributed by atoms with Crippen molar-refractivity contribution in [2.45, 2.75) is 19.9 Å². The zero-order valence-electron chi connectivity index (χ0n) is 15.4. The van der Waals surface area contributed by atoms with Gasteiger partial charge >= 0.3 is 0 Å². The van der Waals surface area contributed by atoms with E-state index in [1.807, 2.05) is 12.1 Å². The van der Waals surface area contributed by atoms with Crippen molar-refractivity contribution in [1.29, 1.82) is 0 Å². The minimum absolute atomic E-state index is 0.327. The van der Waals surface area contributed by atoms with Gasteiger partial charge in [0.05, 0.1) is 7.11 Å². The van der Waals surface area contributed by atoms with E-state index in [4.69, 9.17) is 4.74 Å². The molecule has 26 heavy (non-hydrogen) atoms. The average Bonchev–Trinajstić information content (AvgIpc) is 2.68. The van der Waals surface area contributed by atoms with Gasteiger partial charge in [0.25, 0.3) is 0 Å². The topological polar surface area (TPSA) is 12.5 Å². The van der Waals surface area contributed by atoms with Gasteiger partial charge < -0.3 is 9.64 Å². The van der Waals surface area contributed by atoms with Crippen molar-refractivity contribution >= 4 is 32.9 Å². The van der Waals surface area contributed by atoms with E-state index in [1.165, 1.54) is 32.9 Å². The normalized spacial score (nSPS) is 11.2. The van der Waals surface area contributed by atoms with Crippen LogP contribution in [0, 0.1) is 0 Å². The van der Waals surface area contributed by atoms with E-state index in [-0.39, 0.29) is 0 Å². The van der Waals surface area contributed by atoms with Crippen LogP contribution in [-0.4, -0.2) is 13.2 Å². The molecule has 0 radical (unpaired) electrons. The maximum Gasteiger partial charge on any atom is 0.119 e. The maximum absolute atomic E-state index is 5.32. The fourth-order valence-corrected chi connectivity index (χ4v) is 3.69. The first kappa shape index (κ1) is 16.5. The van der Waals surface area contributed by atoms with Crippen LogP contribution < -0.4 is 9.64 Å². The van der Waals surface area contributed by atoms with E-state index in [0.29, 0.717) is 6.04 Å². The van der Waals surface area contributed by atoms with Gasteiger partial charge in [-0.25, -0.2) is 0 Å². The van der Waals surface area contributed by atoms with Crippen molar-refractivity contribution in [3.8, 4) is 5.75 Å². The monoisotopic (exact) mass is 341 g/mol.